The Morgan fingerprint density at radius 3 is 2.78 bits per heavy atom. The SMILES string of the molecule is Cn1nc(-c2cccc(Cl)c2)cc1C(=O)Nc1nc(-c2cccnc2)cs1. The molecule has 1 amide bonds. The molecule has 0 bridgehead atoms. The van der Waals surface area contributed by atoms with E-state index >= 15 is 0 Å². The molecule has 8 heteroatoms. The Bertz CT molecular complexity index is 1110. The lowest BCUT2D eigenvalue weighted by Crippen LogP contribution is -2.15. The molecular weight excluding hydrogens is 382 g/mol. The van der Waals surface area contributed by atoms with Gasteiger partial charge in [0.05, 0.1) is 11.4 Å². The van der Waals surface area contributed by atoms with Crippen molar-refractivity contribution >= 4 is 34.0 Å². The second kappa shape index (κ2) is 7.30. The Morgan fingerprint density at radius 1 is 1.15 bits per heavy atom. The van der Waals surface area contributed by atoms with Gasteiger partial charge in [0.2, 0.25) is 0 Å². The monoisotopic (exact) mass is 395 g/mol. The summed E-state index contributed by atoms with van der Waals surface area (Å²) in [5.74, 6) is -0.273. The summed E-state index contributed by atoms with van der Waals surface area (Å²) < 4.78 is 1.54. The molecule has 3 aromatic heterocycles. The van der Waals surface area contributed by atoms with Gasteiger partial charge >= 0.3 is 0 Å². The number of benzene rings is 1. The standard InChI is InChI=1S/C19H14ClN5OS/c1-25-17(9-15(24-25)12-4-2-6-14(20)8-12)18(26)23-19-22-16(11-27-19)13-5-3-7-21-10-13/h2-11H,1H3,(H,22,23,26). The Morgan fingerprint density at radius 2 is 2.00 bits per heavy atom. The Labute approximate surface area is 164 Å². The van der Waals surface area contributed by atoms with Gasteiger partial charge in [-0.1, -0.05) is 23.7 Å². The maximum atomic E-state index is 12.6. The van der Waals surface area contributed by atoms with Gasteiger partial charge < -0.3 is 0 Å². The van der Waals surface area contributed by atoms with Crippen molar-refractivity contribution in [3.63, 3.8) is 0 Å². The quantitative estimate of drug-likeness (QED) is 0.551. The highest BCUT2D eigenvalue weighted by Gasteiger charge is 2.16. The second-order valence-electron chi connectivity index (χ2n) is 5.78. The number of halogens is 1. The number of aromatic nitrogens is 4. The first-order valence-corrected chi connectivity index (χ1v) is 9.33. The number of thiazole rings is 1. The smallest absolute Gasteiger partial charge is 0.275 e. The lowest BCUT2D eigenvalue weighted by Gasteiger charge is -2.01. The maximum Gasteiger partial charge on any atom is 0.275 e. The molecular formula is C19H14ClN5OS. The molecule has 0 spiro atoms. The number of nitrogens with zero attached hydrogens (tertiary/aromatic N) is 4. The summed E-state index contributed by atoms with van der Waals surface area (Å²) in [6, 6.07) is 12.9. The molecule has 3 heterocycles. The van der Waals surface area contributed by atoms with Crippen LogP contribution >= 0.6 is 22.9 Å². The zero-order chi connectivity index (χ0) is 18.8. The summed E-state index contributed by atoms with van der Waals surface area (Å²) in [5.41, 5.74) is 3.64. The normalized spacial score (nSPS) is 10.7. The largest absolute Gasteiger partial charge is 0.296 e. The van der Waals surface area contributed by atoms with E-state index in [0.717, 1.165) is 16.8 Å². The van der Waals surface area contributed by atoms with Crippen LogP contribution in [0.15, 0.2) is 60.2 Å². The van der Waals surface area contributed by atoms with Crippen molar-refractivity contribution < 1.29 is 4.79 Å². The fourth-order valence-electron chi connectivity index (χ4n) is 2.61. The minimum absolute atomic E-state index is 0.273. The minimum atomic E-state index is -0.273. The van der Waals surface area contributed by atoms with Crippen LogP contribution in [0.3, 0.4) is 0 Å². The molecule has 0 saturated carbocycles. The van der Waals surface area contributed by atoms with Crippen LogP contribution in [0.5, 0.6) is 0 Å². The van der Waals surface area contributed by atoms with E-state index in [0.29, 0.717) is 21.5 Å². The van der Waals surface area contributed by atoms with E-state index in [4.69, 9.17) is 11.6 Å². The summed E-state index contributed by atoms with van der Waals surface area (Å²) in [6.07, 6.45) is 3.44. The van der Waals surface area contributed by atoms with E-state index in [9.17, 15) is 4.79 Å². The van der Waals surface area contributed by atoms with Crippen molar-refractivity contribution in [2.45, 2.75) is 0 Å². The molecule has 0 radical (unpaired) electrons. The van der Waals surface area contributed by atoms with E-state index in [2.05, 4.69) is 20.4 Å². The van der Waals surface area contributed by atoms with Crippen molar-refractivity contribution in [2.24, 2.45) is 7.05 Å². The first-order chi connectivity index (χ1) is 13.1. The molecule has 0 fully saturated rings. The number of aryl methyl sites for hydroxylation is 1. The number of rotatable bonds is 4. The number of carbonyl (C=O) groups is 1. The lowest BCUT2D eigenvalue weighted by atomic mass is 10.1. The van der Waals surface area contributed by atoms with Gasteiger partial charge in [-0.25, -0.2) is 4.98 Å². The van der Waals surface area contributed by atoms with Gasteiger partial charge in [-0.05, 0) is 30.3 Å². The second-order valence-corrected chi connectivity index (χ2v) is 7.08. The van der Waals surface area contributed by atoms with Crippen molar-refractivity contribution in [3.05, 3.63) is 71.0 Å². The minimum Gasteiger partial charge on any atom is -0.296 e. The molecule has 0 aliphatic carbocycles. The van der Waals surface area contributed by atoms with Gasteiger partial charge in [0.25, 0.3) is 5.91 Å². The molecule has 0 unspecified atom stereocenters. The predicted molar refractivity (Wildman–Crippen MR) is 107 cm³/mol. The summed E-state index contributed by atoms with van der Waals surface area (Å²) in [4.78, 5) is 21.2. The summed E-state index contributed by atoms with van der Waals surface area (Å²) in [5, 5.41) is 10.3. The Balaban J connectivity index is 1.55. The van der Waals surface area contributed by atoms with Crippen LogP contribution in [0.4, 0.5) is 5.13 Å². The Hall–Kier alpha value is -3.03. The molecule has 4 rings (SSSR count). The summed E-state index contributed by atoms with van der Waals surface area (Å²) in [7, 11) is 1.73. The van der Waals surface area contributed by atoms with Crippen molar-refractivity contribution in [1.82, 2.24) is 19.7 Å². The molecule has 1 aromatic carbocycles. The lowest BCUT2D eigenvalue weighted by molar-refractivity contribution is 0.101. The summed E-state index contributed by atoms with van der Waals surface area (Å²) in [6.45, 7) is 0. The van der Waals surface area contributed by atoms with E-state index in [1.54, 1.807) is 36.3 Å². The van der Waals surface area contributed by atoms with Crippen LogP contribution in [0, 0.1) is 0 Å². The fourth-order valence-corrected chi connectivity index (χ4v) is 3.51. The molecule has 1 N–H and O–H groups in total. The third-order valence-corrected chi connectivity index (χ3v) is 4.91. The van der Waals surface area contributed by atoms with E-state index in [1.165, 1.54) is 11.3 Å². The number of nitrogens with one attached hydrogen (secondary N) is 1. The molecule has 0 saturated heterocycles. The number of hydrogen-bond acceptors (Lipinski definition) is 5. The zero-order valence-electron chi connectivity index (χ0n) is 14.3. The number of anilines is 1. The van der Waals surface area contributed by atoms with Crippen LogP contribution in [0.2, 0.25) is 5.02 Å². The maximum absolute atomic E-state index is 12.6. The third-order valence-electron chi connectivity index (χ3n) is 3.91. The molecule has 4 aromatic rings. The van der Waals surface area contributed by atoms with Crippen molar-refractivity contribution in [3.8, 4) is 22.5 Å². The van der Waals surface area contributed by atoms with Crippen LogP contribution in [0.1, 0.15) is 10.5 Å². The molecule has 27 heavy (non-hydrogen) atoms. The van der Waals surface area contributed by atoms with Gasteiger partial charge in [0.15, 0.2) is 5.13 Å². The fraction of sp³-hybridized carbons (Fsp3) is 0.0526. The van der Waals surface area contributed by atoms with Crippen LogP contribution in [0.25, 0.3) is 22.5 Å². The summed E-state index contributed by atoms with van der Waals surface area (Å²) >= 11 is 7.40. The number of amides is 1. The predicted octanol–water partition coefficient (Wildman–Crippen LogP) is 4.51. The van der Waals surface area contributed by atoms with Gasteiger partial charge in [0.1, 0.15) is 5.69 Å². The van der Waals surface area contributed by atoms with Gasteiger partial charge in [-0.3, -0.25) is 19.8 Å². The first kappa shape index (κ1) is 17.4. The Kier molecular flexibility index (Phi) is 4.70. The van der Waals surface area contributed by atoms with E-state index in [-0.39, 0.29) is 5.91 Å². The van der Waals surface area contributed by atoms with Gasteiger partial charge in [0, 0.05) is 41.0 Å². The number of pyridine rings is 1. The average molecular weight is 396 g/mol. The number of carbonyl (C=O) groups excluding carboxylic acids is 1. The first-order valence-electron chi connectivity index (χ1n) is 8.07. The molecule has 6 nitrogen and oxygen atoms in total. The van der Waals surface area contributed by atoms with Gasteiger partial charge in [-0.2, -0.15) is 5.10 Å². The molecule has 0 aliphatic rings. The number of hydrogen-bond donors (Lipinski definition) is 1. The van der Waals surface area contributed by atoms with Crippen molar-refractivity contribution in [1.29, 1.82) is 0 Å². The van der Waals surface area contributed by atoms with Crippen LogP contribution in [-0.2, 0) is 7.05 Å². The molecule has 134 valence electrons. The van der Waals surface area contributed by atoms with Crippen molar-refractivity contribution in [2.75, 3.05) is 5.32 Å². The van der Waals surface area contributed by atoms with Crippen LogP contribution in [-0.4, -0.2) is 25.7 Å². The van der Waals surface area contributed by atoms with E-state index < -0.39 is 0 Å². The topological polar surface area (TPSA) is 72.7 Å². The van der Waals surface area contributed by atoms with Crippen LogP contribution < -0.4 is 5.32 Å². The van der Waals surface area contributed by atoms with E-state index in [1.807, 2.05) is 35.7 Å². The zero-order valence-corrected chi connectivity index (χ0v) is 15.8. The average Bonchev–Trinajstić information content (AvgIpc) is 3.29. The van der Waals surface area contributed by atoms with Gasteiger partial charge in [-0.15, -0.1) is 11.3 Å². The molecule has 0 atom stereocenters. The highest BCUT2D eigenvalue weighted by molar-refractivity contribution is 7.14. The third kappa shape index (κ3) is 3.74. The molecule has 0 aliphatic heterocycles. The highest BCUT2D eigenvalue weighted by Crippen LogP contribution is 2.26. The highest BCUT2D eigenvalue weighted by atomic mass is 35.5.